The standard InChI is InChI=1S/C15H23NO/c1-12(2)15(3,17)11-16-10-6-8-13-7-4-5-9-14(13)16/h4-5,7,9,12,17H,6,8,10-11H2,1-3H3. The fourth-order valence-electron chi connectivity index (χ4n) is 2.34. The monoisotopic (exact) mass is 233 g/mol. The zero-order chi connectivity index (χ0) is 12.5. The number of anilines is 1. The molecule has 1 aromatic carbocycles. The van der Waals surface area contributed by atoms with E-state index in [4.69, 9.17) is 0 Å². The minimum absolute atomic E-state index is 0.275. The molecule has 0 spiro atoms. The highest BCUT2D eigenvalue weighted by atomic mass is 16.3. The zero-order valence-electron chi connectivity index (χ0n) is 11.1. The summed E-state index contributed by atoms with van der Waals surface area (Å²) >= 11 is 0. The maximum absolute atomic E-state index is 10.4. The molecule has 1 unspecified atom stereocenters. The quantitative estimate of drug-likeness (QED) is 0.867. The molecule has 2 nitrogen and oxygen atoms in total. The third kappa shape index (κ3) is 2.63. The summed E-state index contributed by atoms with van der Waals surface area (Å²) < 4.78 is 0. The molecule has 1 N–H and O–H groups in total. The van der Waals surface area contributed by atoms with E-state index in [0.717, 1.165) is 19.5 Å². The predicted octanol–water partition coefficient (Wildman–Crippen LogP) is 2.85. The second kappa shape index (κ2) is 4.69. The Balaban J connectivity index is 2.19. The van der Waals surface area contributed by atoms with Gasteiger partial charge in [0.1, 0.15) is 0 Å². The molecule has 0 saturated heterocycles. The van der Waals surface area contributed by atoms with Gasteiger partial charge in [-0.15, -0.1) is 0 Å². The first-order chi connectivity index (χ1) is 8.00. The molecular formula is C15H23NO. The highest BCUT2D eigenvalue weighted by Crippen LogP contribution is 2.29. The Hall–Kier alpha value is -1.02. The summed E-state index contributed by atoms with van der Waals surface area (Å²) in [5.74, 6) is 0.275. The van der Waals surface area contributed by atoms with Crippen molar-refractivity contribution in [1.82, 2.24) is 0 Å². The topological polar surface area (TPSA) is 23.5 Å². The number of hydrogen-bond acceptors (Lipinski definition) is 2. The van der Waals surface area contributed by atoms with Crippen molar-refractivity contribution < 1.29 is 5.11 Å². The Kier molecular flexibility index (Phi) is 3.43. The van der Waals surface area contributed by atoms with Gasteiger partial charge in [0.2, 0.25) is 0 Å². The van der Waals surface area contributed by atoms with Crippen LogP contribution in [0.1, 0.15) is 32.8 Å². The summed E-state index contributed by atoms with van der Waals surface area (Å²) in [5.41, 5.74) is 2.10. The average molecular weight is 233 g/mol. The first-order valence-corrected chi connectivity index (χ1v) is 6.56. The van der Waals surface area contributed by atoms with E-state index in [0.29, 0.717) is 0 Å². The van der Waals surface area contributed by atoms with E-state index in [1.54, 1.807) is 0 Å². The highest BCUT2D eigenvalue weighted by molar-refractivity contribution is 5.55. The summed E-state index contributed by atoms with van der Waals surface area (Å²) in [6, 6.07) is 8.56. The molecule has 0 aliphatic carbocycles. The number of β-amino-alcohol motifs (C(OH)–C–C–N with tert-alkyl or cyclic N) is 1. The maximum Gasteiger partial charge on any atom is 0.0816 e. The summed E-state index contributed by atoms with van der Waals surface area (Å²) in [5, 5.41) is 10.4. The van der Waals surface area contributed by atoms with E-state index in [9.17, 15) is 5.11 Å². The Bertz CT molecular complexity index is 384. The van der Waals surface area contributed by atoms with Crippen LogP contribution in [-0.2, 0) is 6.42 Å². The van der Waals surface area contributed by atoms with Gasteiger partial charge in [0.15, 0.2) is 0 Å². The van der Waals surface area contributed by atoms with Crippen LogP contribution < -0.4 is 4.90 Å². The SMILES string of the molecule is CC(C)C(C)(O)CN1CCCc2ccccc21. The number of nitrogens with zero attached hydrogens (tertiary/aromatic N) is 1. The van der Waals surface area contributed by atoms with Crippen LogP contribution in [0.2, 0.25) is 0 Å². The third-order valence-electron chi connectivity index (χ3n) is 3.96. The molecule has 2 heteroatoms. The Morgan fingerprint density at radius 2 is 2.06 bits per heavy atom. The third-order valence-corrected chi connectivity index (χ3v) is 3.96. The van der Waals surface area contributed by atoms with E-state index < -0.39 is 5.60 Å². The van der Waals surface area contributed by atoms with Crippen LogP contribution in [0.4, 0.5) is 5.69 Å². The number of benzene rings is 1. The molecule has 1 aliphatic heterocycles. The minimum atomic E-state index is -0.621. The van der Waals surface area contributed by atoms with Gasteiger partial charge in [0.25, 0.3) is 0 Å². The van der Waals surface area contributed by atoms with Gasteiger partial charge in [-0.2, -0.15) is 0 Å². The van der Waals surface area contributed by atoms with E-state index in [1.165, 1.54) is 17.7 Å². The summed E-state index contributed by atoms with van der Waals surface area (Å²) in [6.07, 6.45) is 2.35. The molecule has 0 aromatic heterocycles. The fraction of sp³-hybridized carbons (Fsp3) is 0.600. The second-order valence-corrected chi connectivity index (χ2v) is 5.67. The molecule has 1 atom stereocenters. The molecule has 0 saturated carbocycles. The van der Waals surface area contributed by atoms with Crippen LogP contribution in [0.5, 0.6) is 0 Å². The van der Waals surface area contributed by atoms with Gasteiger partial charge in [-0.3, -0.25) is 0 Å². The van der Waals surface area contributed by atoms with Crippen LogP contribution in [0.15, 0.2) is 24.3 Å². The number of fused-ring (bicyclic) bond motifs is 1. The van der Waals surface area contributed by atoms with Crippen molar-refractivity contribution in [2.24, 2.45) is 5.92 Å². The first-order valence-electron chi connectivity index (χ1n) is 6.56. The fourth-order valence-corrected chi connectivity index (χ4v) is 2.34. The molecule has 0 bridgehead atoms. The molecule has 0 fully saturated rings. The Morgan fingerprint density at radius 1 is 1.35 bits per heavy atom. The number of aryl methyl sites for hydroxylation is 1. The van der Waals surface area contributed by atoms with Gasteiger partial charge in [-0.25, -0.2) is 0 Å². The van der Waals surface area contributed by atoms with E-state index in [-0.39, 0.29) is 5.92 Å². The van der Waals surface area contributed by atoms with E-state index in [2.05, 4.69) is 43.0 Å². The van der Waals surface area contributed by atoms with Crippen molar-refractivity contribution in [3.05, 3.63) is 29.8 Å². The smallest absolute Gasteiger partial charge is 0.0816 e. The molecule has 0 amide bonds. The lowest BCUT2D eigenvalue weighted by Gasteiger charge is -2.38. The predicted molar refractivity (Wildman–Crippen MR) is 72.4 cm³/mol. The number of para-hydroxylation sites is 1. The van der Waals surface area contributed by atoms with Gasteiger partial charge < -0.3 is 10.0 Å². The van der Waals surface area contributed by atoms with Crippen LogP contribution in [0.25, 0.3) is 0 Å². The molecule has 0 radical (unpaired) electrons. The number of aliphatic hydroxyl groups is 1. The van der Waals surface area contributed by atoms with Crippen LogP contribution >= 0.6 is 0 Å². The molecule has 17 heavy (non-hydrogen) atoms. The van der Waals surface area contributed by atoms with Crippen molar-refractivity contribution in [1.29, 1.82) is 0 Å². The molecule has 1 aliphatic rings. The number of rotatable bonds is 3. The number of hydrogen-bond donors (Lipinski definition) is 1. The minimum Gasteiger partial charge on any atom is -0.388 e. The van der Waals surface area contributed by atoms with Crippen LogP contribution in [0.3, 0.4) is 0 Å². The molecule has 1 aromatic rings. The van der Waals surface area contributed by atoms with Crippen LogP contribution in [-0.4, -0.2) is 23.8 Å². The van der Waals surface area contributed by atoms with Gasteiger partial charge >= 0.3 is 0 Å². The lowest BCUT2D eigenvalue weighted by molar-refractivity contribution is 0.0203. The van der Waals surface area contributed by atoms with E-state index in [1.807, 2.05) is 6.92 Å². The summed E-state index contributed by atoms with van der Waals surface area (Å²) in [7, 11) is 0. The Labute approximate surface area is 104 Å². The van der Waals surface area contributed by atoms with Gasteiger partial charge in [-0.1, -0.05) is 32.0 Å². The van der Waals surface area contributed by atoms with Gasteiger partial charge in [-0.05, 0) is 37.3 Å². The van der Waals surface area contributed by atoms with Crippen molar-refractivity contribution in [2.45, 2.75) is 39.2 Å². The van der Waals surface area contributed by atoms with Crippen LogP contribution in [0, 0.1) is 5.92 Å². The van der Waals surface area contributed by atoms with Crippen molar-refractivity contribution in [2.75, 3.05) is 18.0 Å². The van der Waals surface area contributed by atoms with Gasteiger partial charge in [0, 0.05) is 18.8 Å². The van der Waals surface area contributed by atoms with Gasteiger partial charge in [0.05, 0.1) is 5.60 Å². The Morgan fingerprint density at radius 3 is 2.76 bits per heavy atom. The van der Waals surface area contributed by atoms with Crippen molar-refractivity contribution in [3.8, 4) is 0 Å². The molecular weight excluding hydrogens is 210 g/mol. The normalized spacial score (nSPS) is 19.0. The lowest BCUT2D eigenvalue weighted by Crippen LogP contribution is -2.46. The summed E-state index contributed by atoms with van der Waals surface area (Å²) in [4.78, 5) is 2.33. The highest BCUT2D eigenvalue weighted by Gasteiger charge is 2.29. The molecule has 94 valence electrons. The lowest BCUT2D eigenvalue weighted by atomic mass is 9.90. The largest absolute Gasteiger partial charge is 0.388 e. The van der Waals surface area contributed by atoms with Crippen molar-refractivity contribution >= 4 is 5.69 Å². The summed E-state index contributed by atoms with van der Waals surface area (Å²) in [6.45, 7) is 7.88. The maximum atomic E-state index is 10.4. The second-order valence-electron chi connectivity index (χ2n) is 5.67. The average Bonchev–Trinajstić information content (AvgIpc) is 2.29. The zero-order valence-corrected chi connectivity index (χ0v) is 11.1. The van der Waals surface area contributed by atoms with E-state index >= 15 is 0 Å². The molecule has 1 heterocycles. The first kappa shape index (κ1) is 12.4. The molecule has 2 rings (SSSR count). The van der Waals surface area contributed by atoms with Crippen molar-refractivity contribution in [3.63, 3.8) is 0 Å².